The first kappa shape index (κ1) is 25.2. The van der Waals surface area contributed by atoms with Gasteiger partial charge in [-0.2, -0.15) is 0 Å². The fraction of sp³-hybridized carbons (Fsp3) is 0.393. The van der Waals surface area contributed by atoms with E-state index in [0.717, 1.165) is 73.2 Å². The van der Waals surface area contributed by atoms with E-state index in [1.807, 2.05) is 12.1 Å². The van der Waals surface area contributed by atoms with E-state index >= 15 is 0 Å². The van der Waals surface area contributed by atoms with Crippen molar-refractivity contribution in [3.05, 3.63) is 76.9 Å². The van der Waals surface area contributed by atoms with Gasteiger partial charge < -0.3 is 4.74 Å². The van der Waals surface area contributed by atoms with Crippen LogP contribution in [-0.2, 0) is 18.6 Å². The van der Waals surface area contributed by atoms with Crippen molar-refractivity contribution in [3.63, 3.8) is 0 Å². The standard InChI is InChI=1S/C28H35N5OS/c1-5-22-9-7-12-25(34-4)27(22)33-26(17-18-29-35-19-21-15-13-20(3)14-16-21)31-32-28(33)24-11-8-10-23(6-2)30-24/h7,9,11-16,29H,5-6,8,10,17-19H2,1-4H3. The zero-order valence-electron chi connectivity index (χ0n) is 21.2. The summed E-state index contributed by atoms with van der Waals surface area (Å²) in [6.07, 6.45) is 6.75. The third-order valence-corrected chi connectivity index (χ3v) is 7.12. The average molecular weight is 490 g/mol. The topological polar surface area (TPSA) is 64.3 Å². The minimum atomic E-state index is 0.743. The van der Waals surface area contributed by atoms with Crippen LogP contribution in [0.2, 0.25) is 0 Å². The van der Waals surface area contributed by atoms with Gasteiger partial charge in [0, 0.05) is 24.4 Å². The maximum absolute atomic E-state index is 5.80. The predicted octanol–water partition coefficient (Wildman–Crippen LogP) is 6.11. The van der Waals surface area contributed by atoms with Gasteiger partial charge in [-0.25, -0.2) is 0 Å². The molecule has 0 fully saturated rings. The highest BCUT2D eigenvalue weighted by molar-refractivity contribution is 7.96. The molecule has 4 rings (SSSR count). The summed E-state index contributed by atoms with van der Waals surface area (Å²) in [6.45, 7) is 7.22. The Kier molecular flexibility index (Phi) is 8.77. The second kappa shape index (κ2) is 12.2. The molecule has 3 aromatic rings. The summed E-state index contributed by atoms with van der Waals surface area (Å²) >= 11 is 1.72. The highest BCUT2D eigenvalue weighted by Gasteiger charge is 2.23. The second-order valence-corrected chi connectivity index (χ2v) is 9.54. The highest BCUT2D eigenvalue weighted by atomic mass is 32.2. The number of ether oxygens (including phenoxy) is 1. The average Bonchev–Trinajstić information content (AvgIpc) is 3.32. The number of rotatable bonds is 11. The van der Waals surface area contributed by atoms with Gasteiger partial charge in [-0.1, -0.05) is 73.8 Å². The number of aryl methyl sites for hydroxylation is 2. The van der Waals surface area contributed by atoms with Crippen molar-refractivity contribution in [2.24, 2.45) is 4.99 Å². The van der Waals surface area contributed by atoms with Gasteiger partial charge >= 0.3 is 0 Å². The molecule has 0 radical (unpaired) electrons. The molecule has 2 aromatic carbocycles. The van der Waals surface area contributed by atoms with Crippen molar-refractivity contribution < 1.29 is 4.74 Å². The highest BCUT2D eigenvalue weighted by Crippen LogP contribution is 2.32. The number of benzene rings is 2. The molecule has 0 spiro atoms. The monoisotopic (exact) mass is 489 g/mol. The number of hydrogen-bond donors (Lipinski definition) is 1. The molecule has 0 atom stereocenters. The van der Waals surface area contributed by atoms with Crippen molar-refractivity contribution in [3.8, 4) is 11.4 Å². The van der Waals surface area contributed by atoms with Crippen LogP contribution in [0.3, 0.4) is 0 Å². The zero-order valence-corrected chi connectivity index (χ0v) is 22.0. The number of aromatic nitrogens is 3. The number of para-hydroxylation sites is 1. The molecular weight excluding hydrogens is 454 g/mol. The smallest absolute Gasteiger partial charge is 0.187 e. The lowest BCUT2D eigenvalue weighted by molar-refractivity contribution is 0.412. The first-order valence-corrected chi connectivity index (χ1v) is 13.4. The van der Waals surface area contributed by atoms with Crippen molar-refractivity contribution in [1.29, 1.82) is 0 Å². The van der Waals surface area contributed by atoms with Gasteiger partial charge in [0.05, 0.1) is 12.8 Å². The van der Waals surface area contributed by atoms with Crippen LogP contribution in [-0.4, -0.2) is 34.1 Å². The maximum atomic E-state index is 5.80. The molecule has 1 N–H and O–H groups in total. The van der Waals surface area contributed by atoms with Gasteiger partial charge in [0.15, 0.2) is 5.82 Å². The third-order valence-electron chi connectivity index (χ3n) is 6.24. The number of nitrogens with one attached hydrogen (secondary N) is 1. The molecule has 35 heavy (non-hydrogen) atoms. The van der Waals surface area contributed by atoms with Crippen LogP contribution in [0.25, 0.3) is 11.4 Å². The summed E-state index contributed by atoms with van der Waals surface area (Å²) in [5, 5.41) is 9.27. The van der Waals surface area contributed by atoms with Crippen LogP contribution in [0.15, 0.2) is 53.5 Å². The summed E-state index contributed by atoms with van der Waals surface area (Å²) in [7, 11) is 1.72. The van der Waals surface area contributed by atoms with Crippen LogP contribution in [0, 0.1) is 6.92 Å². The quantitative estimate of drug-likeness (QED) is 0.260. The van der Waals surface area contributed by atoms with Crippen LogP contribution in [0.5, 0.6) is 5.75 Å². The molecule has 0 unspecified atom stereocenters. The van der Waals surface area contributed by atoms with Crippen molar-refractivity contribution in [2.75, 3.05) is 13.7 Å². The number of methoxy groups -OCH3 is 1. The largest absolute Gasteiger partial charge is 0.495 e. The molecule has 0 amide bonds. The van der Waals surface area contributed by atoms with Gasteiger partial charge in [-0.3, -0.25) is 14.3 Å². The number of aliphatic imine (C=N–C) groups is 1. The lowest BCUT2D eigenvalue weighted by Gasteiger charge is -2.19. The summed E-state index contributed by atoms with van der Waals surface area (Å²) in [5.41, 5.74) is 6.93. The Morgan fingerprint density at radius 1 is 1.06 bits per heavy atom. The summed E-state index contributed by atoms with van der Waals surface area (Å²) in [5.74, 6) is 3.44. The van der Waals surface area contributed by atoms with Gasteiger partial charge in [-0.05, 0) is 49.8 Å². The van der Waals surface area contributed by atoms with Gasteiger partial charge in [-0.15, -0.1) is 10.2 Å². The molecule has 1 aliphatic heterocycles. The van der Waals surface area contributed by atoms with Crippen LogP contribution >= 0.6 is 11.9 Å². The normalized spacial score (nSPS) is 13.5. The Balaban J connectivity index is 1.59. The molecule has 1 aromatic heterocycles. The summed E-state index contributed by atoms with van der Waals surface area (Å²) < 4.78 is 11.5. The second-order valence-electron chi connectivity index (χ2n) is 8.68. The zero-order chi connectivity index (χ0) is 24.6. The first-order chi connectivity index (χ1) is 17.1. The molecule has 0 bridgehead atoms. The lowest BCUT2D eigenvalue weighted by Crippen LogP contribution is -2.15. The SMILES string of the molecule is CCC1=NC(c2nnc(CCNSCc3ccc(C)cc3)n2-c2c(CC)cccc2OC)=CCC1. The molecule has 0 saturated heterocycles. The van der Waals surface area contributed by atoms with E-state index in [1.54, 1.807) is 19.1 Å². The molecule has 6 nitrogen and oxygen atoms in total. The first-order valence-electron chi connectivity index (χ1n) is 12.4. The summed E-state index contributed by atoms with van der Waals surface area (Å²) in [4.78, 5) is 4.92. The molecule has 7 heteroatoms. The fourth-order valence-electron chi connectivity index (χ4n) is 4.25. The van der Waals surface area contributed by atoms with E-state index in [9.17, 15) is 0 Å². The van der Waals surface area contributed by atoms with Crippen LogP contribution in [0.4, 0.5) is 0 Å². The van der Waals surface area contributed by atoms with Crippen molar-refractivity contribution in [2.45, 2.75) is 58.6 Å². The van der Waals surface area contributed by atoms with Crippen molar-refractivity contribution in [1.82, 2.24) is 19.5 Å². The Morgan fingerprint density at radius 2 is 1.89 bits per heavy atom. The Bertz CT molecular complexity index is 1170. The maximum Gasteiger partial charge on any atom is 0.187 e. The van der Waals surface area contributed by atoms with E-state index in [1.165, 1.54) is 22.4 Å². The Hall–Kier alpha value is -2.90. The Morgan fingerprint density at radius 3 is 2.63 bits per heavy atom. The van der Waals surface area contributed by atoms with Gasteiger partial charge in [0.25, 0.3) is 0 Å². The minimum Gasteiger partial charge on any atom is -0.495 e. The molecular formula is C28H35N5OS. The van der Waals surface area contributed by atoms with E-state index < -0.39 is 0 Å². The number of allylic oxidation sites excluding steroid dienone is 1. The molecule has 184 valence electrons. The Labute approximate surface area is 213 Å². The fourth-order valence-corrected chi connectivity index (χ4v) is 4.96. The molecule has 1 aliphatic rings. The third kappa shape index (κ3) is 6.03. The van der Waals surface area contributed by atoms with E-state index in [0.29, 0.717) is 0 Å². The van der Waals surface area contributed by atoms with E-state index in [4.69, 9.17) is 9.73 Å². The lowest BCUT2D eigenvalue weighted by atomic mass is 10.1. The van der Waals surface area contributed by atoms with Gasteiger partial charge in [0.1, 0.15) is 17.3 Å². The minimum absolute atomic E-state index is 0.743. The molecule has 0 saturated carbocycles. The molecule has 2 heterocycles. The van der Waals surface area contributed by atoms with Gasteiger partial charge in [0.2, 0.25) is 0 Å². The number of hydrogen-bond acceptors (Lipinski definition) is 6. The van der Waals surface area contributed by atoms with Crippen molar-refractivity contribution >= 4 is 23.4 Å². The van der Waals surface area contributed by atoms with Crippen LogP contribution < -0.4 is 9.46 Å². The number of nitrogens with zero attached hydrogens (tertiary/aromatic N) is 4. The van der Waals surface area contributed by atoms with E-state index in [-0.39, 0.29) is 0 Å². The summed E-state index contributed by atoms with van der Waals surface area (Å²) in [6, 6.07) is 14.9. The van der Waals surface area contributed by atoms with E-state index in [2.05, 4.69) is 76.7 Å². The van der Waals surface area contributed by atoms with Crippen LogP contribution in [0.1, 0.15) is 61.4 Å². The predicted molar refractivity (Wildman–Crippen MR) is 146 cm³/mol. The molecule has 0 aliphatic carbocycles.